The van der Waals surface area contributed by atoms with Gasteiger partial charge in [-0.15, -0.1) is 12.6 Å². The van der Waals surface area contributed by atoms with Crippen molar-refractivity contribution in [2.75, 3.05) is 18.1 Å². The number of hydrogen-bond donors (Lipinski definition) is 1. The van der Waals surface area contributed by atoms with Gasteiger partial charge in [0, 0.05) is 0 Å². The summed E-state index contributed by atoms with van der Waals surface area (Å²) in [7, 11) is 0.276. The van der Waals surface area contributed by atoms with E-state index in [0.717, 1.165) is 22.5 Å². The Bertz CT molecular complexity index is 115. The molecule has 3 heteroatoms. The summed E-state index contributed by atoms with van der Waals surface area (Å²) in [6, 6.07) is 0. The minimum atomic E-state index is 0.276. The summed E-state index contributed by atoms with van der Waals surface area (Å²) < 4.78 is 6.20. The van der Waals surface area contributed by atoms with Gasteiger partial charge in [-0.25, -0.2) is 0 Å². The molecule has 0 saturated heterocycles. The summed E-state index contributed by atoms with van der Waals surface area (Å²) in [6.45, 7) is 7.06. The second-order valence-electron chi connectivity index (χ2n) is 1.77. The fourth-order valence-corrected chi connectivity index (χ4v) is 2.75. The first-order valence-corrected chi connectivity index (χ1v) is 5.63. The molecular formula is C7H16OS2. The van der Waals surface area contributed by atoms with Crippen LogP contribution in [-0.2, 0) is 4.74 Å². The molecule has 0 atom stereocenters. The molecular weight excluding hydrogens is 164 g/mol. The van der Waals surface area contributed by atoms with Crippen LogP contribution in [0.25, 0.3) is 0 Å². The normalized spacial score (nSPS) is 10.5. The van der Waals surface area contributed by atoms with Crippen LogP contribution in [0.4, 0.5) is 0 Å². The predicted molar refractivity (Wildman–Crippen MR) is 54.3 cm³/mol. The molecule has 0 heterocycles. The Morgan fingerprint density at radius 3 is 2.10 bits per heavy atom. The first-order chi connectivity index (χ1) is 4.76. The molecule has 0 aliphatic rings. The van der Waals surface area contributed by atoms with Gasteiger partial charge in [-0.05, 0) is 18.4 Å². The van der Waals surface area contributed by atoms with Crippen LogP contribution in [0.1, 0.15) is 20.8 Å². The van der Waals surface area contributed by atoms with Gasteiger partial charge in [0.1, 0.15) is 4.38 Å². The quantitative estimate of drug-likeness (QED) is 0.518. The molecule has 0 aromatic rings. The van der Waals surface area contributed by atoms with Gasteiger partial charge in [0.2, 0.25) is 0 Å². The van der Waals surface area contributed by atoms with Crippen molar-refractivity contribution in [2.45, 2.75) is 20.8 Å². The monoisotopic (exact) mass is 180 g/mol. The van der Waals surface area contributed by atoms with Crippen LogP contribution in [0.15, 0.2) is 0 Å². The number of ether oxygens (including phenoxy) is 1. The lowest BCUT2D eigenvalue weighted by Gasteiger charge is -2.07. The molecule has 10 heavy (non-hydrogen) atoms. The Morgan fingerprint density at radius 1 is 1.30 bits per heavy atom. The van der Waals surface area contributed by atoms with Crippen LogP contribution in [0.3, 0.4) is 0 Å². The molecule has 0 rings (SSSR count). The molecule has 0 N–H and O–H groups in total. The summed E-state index contributed by atoms with van der Waals surface area (Å²) in [6.07, 6.45) is 0. The van der Waals surface area contributed by atoms with Gasteiger partial charge in [0.05, 0.1) is 6.61 Å². The molecule has 0 bridgehead atoms. The van der Waals surface area contributed by atoms with Gasteiger partial charge in [0.25, 0.3) is 0 Å². The minimum Gasteiger partial charge on any atom is -0.335 e. The van der Waals surface area contributed by atoms with E-state index in [-0.39, 0.29) is 10.5 Å². The minimum absolute atomic E-state index is 0.276. The highest BCUT2D eigenvalue weighted by Gasteiger charge is 1.95. The van der Waals surface area contributed by atoms with E-state index in [2.05, 4.69) is 26.5 Å². The maximum atomic E-state index is 5.28. The maximum Gasteiger partial charge on any atom is 0.130 e. The zero-order valence-corrected chi connectivity index (χ0v) is 8.60. The standard InChI is InChI=1S/C7H16OS2/c1-4-8-7(9)10(5-2)6-3/h9H,4-6H2,1-3H3. The van der Waals surface area contributed by atoms with Crippen molar-refractivity contribution in [2.24, 2.45) is 0 Å². The molecule has 62 valence electrons. The van der Waals surface area contributed by atoms with Crippen LogP contribution in [0, 0.1) is 0 Å². The van der Waals surface area contributed by atoms with Crippen molar-refractivity contribution >= 4 is 27.5 Å². The summed E-state index contributed by atoms with van der Waals surface area (Å²) in [5.41, 5.74) is 0. The molecule has 0 spiro atoms. The van der Waals surface area contributed by atoms with Gasteiger partial charge in [-0.2, -0.15) is 10.5 Å². The molecule has 0 aromatic carbocycles. The molecule has 0 radical (unpaired) electrons. The van der Waals surface area contributed by atoms with Gasteiger partial charge in [-0.1, -0.05) is 13.8 Å². The van der Waals surface area contributed by atoms with E-state index in [1.165, 1.54) is 0 Å². The summed E-state index contributed by atoms with van der Waals surface area (Å²) in [4.78, 5) is 0. The molecule has 0 saturated carbocycles. The Kier molecular flexibility index (Phi) is 6.59. The molecule has 1 nitrogen and oxygen atoms in total. The van der Waals surface area contributed by atoms with Gasteiger partial charge < -0.3 is 4.74 Å². The van der Waals surface area contributed by atoms with Crippen molar-refractivity contribution in [3.05, 3.63) is 0 Å². The van der Waals surface area contributed by atoms with Crippen LogP contribution in [0.2, 0.25) is 0 Å². The first kappa shape index (κ1) is 10.5. The fourth-order valence-electron chi connectivity index (χ4n) is 0.658. The maximum absolute atomic E-state index is 5.28. The van der Waals surface area contributed by atoms with Gasteiger partial charge >= 0.3 is 0 Å². The Labute approximate surface area is 71.5 Å². The zero-order valence-electron chi connectivity index (χ0n) is 6.89. The molecule has 0 aliphatic heterocycles. The zero-order chi connectivity index (χ0) is 7.98. The molecule has 0 aliphatic carbocycles. The number of rotatable bonds is 3. The van der Waals surface area contributed by atoms with Crippen molar-refractivity contribution in [1.29, 1.82) is 0 Å². The second-order valence-corrected chi connectivity index (χ2v) is 4.99. The molecule has 0 fully saturated rings. The summed E-state index contributed by atoms with van der Waals surface area (Å²) in [5, 5.41) is 0. The average molecular weight is 180 g/mol. The third kappa shape index (κ3) is 3.64. The Hall–Kier alpha value is 0.530. The lowest BCUT2D eigenvalue weighted by Crippen LogP contribution is -1.98. The lowest BCUT2D eigenvalue weighted by molar-refractivity contribution is 0.346. The van der Waals surface area contributed by atoms with Crippen molar-refractivity contribution in [3.63, 3.8) is 0 Å². The van der Waals surface area contributed by atoms with Crippen LogP contribution < -0.4 is 0 Å². The Morgan fingerprint density at radius 2 is 1.80 bits per heavy atom. The van der Waals surface area contributed by atoms with Crippen LogP contribution in [0.5, 0.6) is 0 Å². The van der Waals surface area contributed by atoms with Crippen molar-refractivity contribution < 1.29 is 4.74 Å². The van der Waals surface area contributed by atoms with Gasteiger partial charge in [-0.3, -0.25) is 0 Å². The highest BCUT2D eigenvalue weighted by Crippen LogP contribution is 2.16. The lowest BCUT2D eigenvalue weighted by atomic mass is 10.9. The summed E-state index contributed by atoms with van der Waals surface area (Å²) >= 11 is 4.27. The SMILES string of the molecule is CCOC(S)=S(CC)CC. The number of thiol groups is 1. The van der Waals surface area contributed by atoms with E-state index in [1.807, 2.05) is 6.92 Å². The predicted octanol–water partition coefficient (Wildman–Crippen LogP) is 2.35. The van der Waals surface area contributed by atoms with E-state index in [4.69, 9.17) is 4.74 Å². The van der Waals surface area contributed by atoms with E-state index < -0.39 is 0 Å². The fraction of sp³-hybridized carbons (Fsp3) is 0.857. The molecule has 0 unspecified atom stereocenters. The smallest absolute Gasteiger partial charge is 0.130 e. The van der Waals surface area contributed by atoms with Crippen molar-refractivity contribution in [1.82, 2.24) is 0 Å². The third-order valence-electron chi connectivity index (χ3n) is 1.21. The Balaban J connectivity index is 3.98. The number of hydrogen-bond acceptors (Lipinski definition) is 1. The van der Waals surface area contributed by atoms with E-state index >= 15 is 0 Å². The highest BCUT2D eigenvalue weighted by molar-refractivity contribution is 8.27. The largest absolute Gasteiger partial charge is 0.335 e. The second kappa shape index (κ2) is 6.25. The van der Waals surface area contributed by atoms with Crippen LogP contribution >= 0.6 is 23.1 Å². The summed E-state index contributed by atoms with van der Waals surface area (Å²) in [5.74, 6) is 2.30. The molecule has 0 aromatic heterocycles. The van der Waals surface area contributed by atoms with E-state index in [0.29, 0.717) is 0 Å². The topological polar surface area (TPSA) is 9.23 Å². The van der Waals surface area contributed by atoms with E-state index in [9.17, 15) is 0 Å². The highest BCUT2D eigenvalue weighted by atomic mass is 32.2. The van der Waals surface area contributed by atoms with Crippen molar-refractivity contribution in [3.8, 4) is 0 Å². The average Bonchev–Trinajstić information content (AvgIpc) is 1.91. The third-order valence-corrected chi connectivity index (χ3v) is 4.12. The molecule has 0 amide bonds. The van der Waals surface area contributed by atoms with Crippen LogP contribution in [-0.4, -0.2) is 22.5 Å². The van der Waals surface area contributed by atoms with Gasteiger partial charge in [0.15, 0.2) is 0 Å². The van der Waals surface area contributed by atoms with E-state index in [1.54, 1.807) is 0 Å². The first-order valence-electron chi connectivity index (χ1n) is 3.62.